The lowest BCUT2D eigenvalue weighted by Crippen LogP contribution is -1.99. The number of anilines is 1. The van der Waals surface area contributed by atoms with Gasteiger partial charge in [0.15, 0.2) is 5.78 Å². The molecule has 0 radical (unpaired) electrons. The normalized spacial score (nSPS) is 10.8. The van der Waals surface area contributed by atoms with E-state index < -0.39 is 0 Å². The zero-order valence-electron chi connectivity index (χ0n) is 14.6. The summed E-state index contributed by atoms with van der Waals surface area (Å²) in [6, 6.07) is 13.4. The second-order valence-corrected chi connectivity index (χ2v) is 5.89. The Bertz CT molecular complexity index is 702. The molecule has 2 aromatic rings. The van der Waals surface area contributed by atoms with Crippen molar-refractivity contribution in [1.29, 1.82) is 0 Å². The Hall–Kier alpha value is -2.55. The maximum Gasteiger partial charge on any atom is 0.187 e. The number of hydrogen-bond donors (Lipinski definition) is 1. The van der Waals surface area contributed by atoms with Crippen molar-refractivity contribution in [3.63, 3.8) is 0 Å². The van der Waals surface area contributed by atoms with Crippen LogP contribution in [0, 0.1) is 13.8 Å². The Kier molecular flexibility index (Phi) is 6.62. The fourth-order valence-corrected chi connectivity index (χ4v) is 2.33. The molecule has 24 heavy (non-hydrogen) atoms. The van der Waals surface area contributed by atoms with E-state index in [0.29, 0.717) is 12.2 Å². The van der Waals surface area contributed by atoms with Gasteiger partial charge in [-0.2, -0.15) is 0 Å². The minimum atomic E-state index is -0.0348. The number of ether oxygens (including phenoxy) is 1. The van der Waals surface area contributed by atoms with Crippen molar-refractivity contribution < 1.29 is 9.53 Å². The molecule has 0 heterocycles. The molecule has 126 valence electrons. The summed E-state index contributed by atoms with van der Waals surface area (Å²) < 4.78 is 5.60. The van der Waals surface area contributed by atoms with E-state index in [1.807, 2.05) is 31.2 Å². The number of carbonyl (C=O) groups is 1. The van der Waals surface area contributed by atoms with Crippen LogP contribution in [0.5, 0.6) is 5.75 Å². The molecule has 3 heteroatoms. The summed E-state index contributed by atoms with van der Waals surface area (Å²) in [6.07, 6.45) is 5.38. The Balaban J connectivity index is 1.91. The number of aryl methyl sites for hydroxylation is 2. The zero-order chi connectivity index (χ0) is 17.4. The molecule has 0 atom stereocenters. The predicted molar refractivity (Wildman–Crippen MR) is 99.9 cm³/mol. The van der Waals surface area contributed by atoms with Crippen LogP contribution in [-0.2, 0) is 0 Å². The van der Waals surface area contributed by atoms with Crippen LogP contribution in [0.4, 0.5) is 5.69 Å². The highest BCUT2D eigenvalue weighted by atomic mass is 16.5. The van der Waals surface area contributed by atoms with E-state index in [9.17, 15) is 4.79 Å². The van der Waals surface area contributed by atoms with Gasteiger partial charge in [-0.25, -0.2) is 0 Å². The number of unbranched alkanes of at least 4 members (excludes halogenated alkanes) is 1. The molecule has 0 aliphatic carbocycles. The van der Waals surface area contributed by atoms with Crippen LogP contribution in [-0.4, -0.2) is 12.4 Å². The van der Waals surface area contributed by atoms with Gasteiger partial charge in [0.25, 0.3) is 0 Å². The molecule has 3 nitrogen and oxygen atoms in total. The largest absolute Gasteiger partial charge is 0.494 e. The van der Waals surface area contributed by atoms with Gasteiger partial charge < -0.3 is 10.1 Å². The molecular formula is C21H25NO2. The molecule has 2 rings (SSSR count). The van der Waals surface area contributed by atoms with Crippen molar-refractivity contribution in [3.8, 4) is 5.75 Å². The first-order valence-electron chi connectivity index (χ1n) is 8.37. The SMILES string of the molecule is CCCCOc1ccc(C(=O)/C=C/Nc2ccc(C)cc2C)cc1. The van der Waals surface area contributed by atoms with Gasteiger partial charge in [0, 0.05) is 23.5 Å². The quantitative estimate of drug-likeness (QED) is 0.407. The molecule has 0 fully saturated rings. The van der Waals surface area contributed by atoms with Crippen molar-refractivity contribution in [1.82, 2.24) is 0 Å². The molecule has 1 N–H and O–H groups in total. The highest BCUT2D eigenvalue weighted by Gasteiger charge is 2.02. The van der Waals surface area contributed by atoms with Gasteiger partial charge in [-0.3, -0.25) is 4.79 Å². The van der Waals surface area contributed by atoms with Gasteiger partial charge in [-0.1, -0.05) is 31.0 Å². The number of rotatable bonds is 8. The van der Waals surface area contributed by atoms with Crippen molar-refractivity contribution in [3.05, 3.63) is 71.4 Å². The van der Waals surface area contributed by atoms with E-state index in [1.54, 1.807) is 24.4 Å². The Morgan fingerprint density at radius 1 is 1.12 bits per heavy atom. The van der Waals surface area contributed by atoms with Crippen LogP contribution in [0.15, 0.2) is 54.7 Å². The number of ketones is 1. The average molecular weight is 323 g/mol. The second-order valence-electron chi connectivity index (χ2n) is 5.89. The Morgan fingerprint density at radius 2 is 1.88 bits per heavy atom. The summed E-state index contributed by atoms with van der Waals surface area (Å²) in [5.41, 5.74) is 4.03. The minimum absolute atomic E-state index is 0.0348. The second kappa shape index (κ2) is 8.92. The zero-order valence-corrected chi connectivity index (χ0v) is 14.6. The van der Waals surface area contributed by atoms with Gasteiger partial charge in [0.2, 0.25) is 0 Å². The molecule has 0 saturated heterocycles. The molecule has 0 aliphatic heterocycles. The van der Waals surface area contributed by atoms with Crippen LogP contribution >= 0.6 is 0 Å². The van der Waals surface area contributed by atoms with E-state index in [2.05, 4.69) is 25.2 Å². The molecule has 0 aromatic heterocycles. The lowest BCUT2D eigenvalue weighted by atomic mass is 10.1. The lowest BCUT2D eigenvalue weighted by molar-refractivity contribution is 0.104. The summed E-state index contributed by atoms with van der Waals surface area (Å²) in [5, 5.41) is 3.16. The molecule has 0 bridgehead atoms. The molecular weight excluding hydrogens is 298 g/mol. The number of carbonyl (C=O) groups excluding carboxylic acids is 1. The van der Waals surface area contributed by atoms with Gasteiger partial charge in [0.1, 0.15) is 5.75 Å². The van der Waals surface area contributed by atoms with E-state index in [4.69, 9.17) is 4.74 Å². The number of benzene rings is 2. The van der Waals surface area contributed by atoms with Crippen molar-refractivity contribution >= 4 is 11.5 Å². The molecule has 0 saturated carbocycles. The van der Waals surface area contributed by atoms with Crippen LogP contribution in [0.3, 0.4) is 0 Å². The maximum atomic E-state index is 12.2. The van der Waals surface area contributed by atoms with E-state index in [0.717, 1.165) is 29.8 Å². The molecule has 0 unspecified atom stereocenters. The topological polar surface area (TPSA) is 38.3 Å². The summed E-state index contributed by atoms with van der Waals surface area (Å²) in [7, 11) is 0. The first kappa shape index (κ1) is 17.8. The van der Waals surface area contributed by atoms with Gasteiger partial charge in [-0.15, -0.1) is 0 Å². The third kappa shape index (κ3) is 5.27. The first-order valence-corrected chi connectivity index (χ1v) is 8.37. The fraction of sp³-hybridized carbons (Fsp3) is 0.286. The average Bonchev–Trinajstić information content (AvgIpc) is 2.57. The van der Waals surface area contributed by atoms with E-state index in [1.165, 1.54) is 5.56 Å². The highest BCUT2D eigenvalue weighted by molar-refractivity contribution is 6.04. The van der Waals surface area contributed by atoms with Gasteiger partial charge in [-0.05, 0) is 56.2 Å². The third-order valence-corrected chi connectivity index (χ3v) is 3.76. The van der Waals surface area contributed by atoms with Crippen LogP contribution < -0.4 is 10.1 Å². The molecule has 0 amide bonds. The smallest absolute Gasteiger partial charge is 0.187 e. The number of nitrogens with one attached hydrogen (secondary N) is 1. The van der Waals surface area contributed by atoms with Crippen molar-refractivity contribution in [2.45, 2.75) is 33.6 Å². The summed E-state index contributed by atoms with van der Waals surface area (Å²) in [5.74, 6) is 0.768. The Morgan fingerprint density at radius 3 is 2.54 bits per heavy atom. The van der Waals surface area contributed by atoms with Gasteiger partial charge >= 0.3 is 0 Å². The standard InChI is InChI=1S/C21H25NO2/c1-4-5-14-24-19-9-7-18(8-10-19)21(23)12-13-22-20-11-6-16(2)15-17(20)3/h6-13,15,22H,4-5,14H2,1-3H3/b13-12+. The van der Waals surface area contributed by atoms with Crippen molar-refractivity contribution in [2.24, 2.45) is 0 Å². The highest BCUT2D eigenvalue weighted by Crippen LogP contribution is 2.16. The summed E-state index contributed by atoms with van der Waals surface area (Å²) in [6.45, 7) is 6.95. The third-order valence-electron chi connectivity index (χ3n) is 3.76. The number of allylic oxidation sites excluding steroid dienone is 1. The fourth-order valence-electron chi connectivity index (χ4n) is 2.33. The van der Waals surface area contributed by atoms with Crippen molar-refractivity contribution in [2.75, 3.05) is 11.9 Å². The minimum Gasteiger partial charge on any atom is -0.494 e. The molecule has 0 aliphatic rings. The summed E-state index contributed by atoms with van der Waals surface area (Å²) >= 11 is 0. The van der Waals surface area contributed by atoms with E-state index in [-0.39, 0.29) is 5.78 Å². The van der Waals surface area contributed by atoms with Crippen LogP contribution in [0.25, 0.3) is 0 Å². The number of hydrogen-bond acceptors (Lipinski definition) is 3. The lowest BCUT2D eigenvalue weighted by Gasteiger charge is -2.06. The maximum absolute atomic E-state index is 12.2. The summed E-state index contributed by atoms with van der Waals surface area (Å²) in [4.78, 5) is 12.2. The predicted octanol–water partition coefficient (Wildman–Crippen LogP) is 5.29. The van der Waals surface area contributed by atoms with Crippen LogP contribution in [0.1, 0.15) is 41.3 Å². The Labute approximate surface area is 144 Å². The first-order chi connectivity index (χ1) is 11.6. The van der Waals surface area contributed by atoms with Crippen LogP contribution in [0.2, 0.25) is 0 Å². The van der Waals surface area contributed by atoms with Gasteiger partial charge in [0.05, 0.1) is 6.61 Å². The molecule has 0 spiro atoms. The monoisotopic (exact) mass is 323 g/mol. The molecule has 2 aromatic carbocycles. The van der Waals surface area contributed by atoms with E-state index >= 15 is 0 Å².